The number of primary amides is 1. The molecule has 0 saturated carbocycles. The van der Waals surface area contributed by atoms with Crippen LogP contribution in [0, 0.1) is 0 Å². The largest absolute Gasteiger partial charge is 0.368 e. The quantitative estimate of drug-likeness (QED) is 0.540. The number of carbonyl (C=O) groups is 1. The lowest BCUT2D eigenvalue weighted by atomic mass is 10.2. The van der Waals surface area contributed by atoms with Crippen LogP contribution >= 0.6 is 0 Å². The highest BCUT2D eigenvalue weighted by atomic mass is 16.1. The predicted octanol–water partition coefficient (Wildman–Crippen LogP) is -0.846. The van der Waals surface area contributed by atoms with Crippen LogP contribution in [0.3, 0.4) is 0 Å². The third kappa shape index (κ3) is 2.46. The molecule has 0 radical (unpaired) electrons. The zero-order valence-corrected chi connectivity index (χ0v) is 7.71. The maximum atomic E-state index is 10.9. The topological polar surface area (TPSA) is 58.4 Å². The van der Waals surface area contributed by atoms with E-state index >= 15 is 0 Å². The average molecular weight is 171 g/mol. The molecule has 4 heteroatoms. The summed E-state index contributed by atoms with van der Waals surface area (Å²) < 4.78 is 0. The van der Waals surface area contributed by atoms with Gasteiger partial charge in [-0.05, 0) is 26.9 Å². The standard InChI is InChI=1S/C8H17N3O/c1-6-5-11(2)4-3-7(10-6)8(9)12/h6-7,10H,3-5H2,1-2H3,(H2,9,12). The second-order valence-electron chi connectivity index (χ2n) is 3.57. The van der Waals surface area contributed by atoms with Gasteiger partial charge in [0.05, 0.1) is 6.04 Å². The van der Waals surface area contributed by atoms with Crippen LogP contribution in [0.1, 0.15) is 13.3 Å². The number of nitrogens with two attached hydrogens (primary N) is 1. The maximum Gasteiger partial charge on any atom is 0.234 e. The Hall–Kier alpha value is -0.610. The lowest BCUT2D eigenvalue weighted by Gasteiger charge is -2.16. The van der Waals surface area contributed by atoms with Crippen LogP contribution in [0.4, 0.5) is 0 Å². The van der Waals surface area contributed by atoms with Crippen molar-refractivity contribution in [2.45, 2.75) is 25.4 Å². The van der Waals surface area contributed by atoms with Crippen molar-refractivity contribution in [3.05, 3.63) is 0 Å². The normalized spacial score (nSPS) is 32.8. The molecule has 12 heavy (non-hydrogen) atoms. The molecule has 1 rings (SSSR count). The monoisotopic (exact) mass is 171 g/mol. The van der Waals surface area contributed by atoms with Crippen LogP contribution in [0.25, 0.3) is 0 Å². The SMILES string of the molecule is CC1CN(C)CCC(C(N)=O)N1. The summed E-state index contributed by atoms with van der Waals surface area (Å²) in [5.41, 5.74) is 5.22. The Morgan fingerprint density at radius 2 is 2.33 bits per heavy atom. The van der Waals surface area contributed by atoms with E-state index in [0.29, 0.717) is 6.04 Å². The molecule has 1 heterocycles. The summed E-state index contributed by atoms with van der Waals surface area (Å²) in [5.74, 6) is -0.239. The number of nitrogens with one attached hydrogen (secondary N) is 1. The molecule has 0 bridgehead atoms. The number of rotatable bonds is 1. The molecule has 4 nitrogen and oxygen atoms in total. The lowest BCUT2D eigenvalue weighted by Crippen LogP contribution is -2.45. The van der Waals surface area contributed by atoms with Gasteiger partial charge in [-0.1, -0.05) is 0 Å². The van der Waals surface area contributed by atoms with E-state index in [1.54, 1.807) is 0 Å². The summed E-state index contributed by atoms with van der Waals surface area (Å²) in [5, 5.41) is 3.19. The summed E-state index contributed by atoms with van der Waals surface area (Å²) in [6, 6.07) is 0.194. The fourth-order valence-corrected chi connectivity index (χ4v) is 1.61. The van der Waals surface area contributed by atoms with Gasteiger partial charge in [-0.25, -0.2) is 0 Å². The molecule has 2 unspecified atom stereocenters. The number of likely N-dealkylation sites (N-methyl/N-ethyl adjacent to an activating group) is 1. The van der Waals surface area contributed by atoms with Gasteiger partial charge in [0.15, 0.2) is 0 Å². The van der Waals surface area contributed by atoms with Crippen LogP contribution in [0.15, 0.2) is 0 Å². The van der Waals surface area contributed by atoms with Crippen LogP contribution in [-0.2, 0) is 4.79 Å². The van der Waals surface area contributed by atoms with Crippen molar-refractivity contribution in [3.8, 4) is 0 Å². The Bertz CT molecular complexity index is 172. The molecule has 0 aliphatic carbocycles. The van der Waals surface area contributed by atoms with Crippen molar-refractivity contribution in [1.82, 2.24) is 10.2 Å². The number of hydrogen-bond acceptors (Lipinski definition) is 3. The van der Waals surface area contributed by atoms with E-state index in [1.807, 2.05) is 0 Å². The highest BCUT2D eigenvalue weighted by Crippen LogP contribution is 2.02. The van der Waals surface area contributed by atoms with E-state index in [-0.39, 0.29) is 11.9 Å². The van der Waals surface area contributed by atoms with Crippen molar-refractivity contribution in [2.75, 3.05) is 20.1 Å². The van der Waals surface area contributed by atoms with Gasteiger partial charge < -0.3 is 16.0 Å². The molecule has 3 N–H and O–H groups in total. The Morgan fingerprint density at radius 3 is 2.92 bits per heavy atom. The van der Waals surface area contributed by atoms with Crippen molar-refractivity contribution in [3.63, 3.8) is 0 Å². The average Bonchev–Trinajstić information content (AvgIpc) is 2.11. The molecule has 0 aromatic heterocycles. The Morgan fingerprint density at radius 1 is 1.67 bits per heavy atom. The minimum absolute atomic E-state index is 0.148. The van der Waals surface area contributed by atoms with E-state index in [4.69, 9.17) is 5.73 Å². The fraction of sp³-hybridized carbons (Fsp3) is 0.875. The van der Waals surface area contributed by atoms with Gasteiger partial charge in [-0.15, -0.1) is 0 Å². The Balaban J connectivity index is 2.52. The number of amides is 1. The maximum absolute atomic E-state index is 10.9. The Labute approximate surface area is 73.1 Å². The van der Waals surface area contributed by atoms with Crippen molar-refractivity contribution >= 4 is 5.91 Å². The number of hydrogen-bond donors (Lipinski definition) is 2. The smallest absolute Gasteiger partial charge is 0.234 e. The molecule has 70 valence electrons. The second kappa shape index (κ2) is 3.87. The van der Waals surface area contributed by atoms with Gasteiger partial charge in [0, 0.05) is 12.6 Å². The summed E-state index contributed by atoms with van der Waals surface area (Å²) in [7, 11) is 2.06. The molecule has 1 amide bonds. The summed E-state index contributed by atoms with van der Waals surface area (Å²) in [6.45, 7) is 3.98. The van der Waals surface area contributed by atoms with Crippen molar-refractivity contribution in [1.29, 1.82) is 0 Å². The van der Waals surface area contributed by atoms with Crippen molar-refractivity contribution < 1.29 is 4.79 Å². The zero-order chi connectivity index (χ0) is 9.14. The van der Waals surface area contributed by atoms with Crippen LogP contribution in [-0.4, -0.2) is 43.0 Å². The van der Waals surface area contributed by atoms with Gasteiger partial charge in [-0.2, -0.15) is 0 Å². The van der Waals surface area contributed by atoms with Crippen molar-refractivity contribution in [2.24, 2.45) is 5.73 Å². The van der Waals surface area contributed by atoms with Gasteiger partial charge in [0.1, 0.15) is 0 Å². The fourth-order valence-electron chi connectivity index (χ4n) is 1.61. The Kier molecular flexibility index (Phi) is 3.05. The molecule has 2 atom stereocenters. The van der Waals surface area contributed by atoms with E-state index in [2.05, 4.69) is 24.2 Å². The number of nitrogens with zero attached hydrogens (tertiary/aromatic N) is 1. The first-order valence-corrected chi connectivity index (χ1v) is 4.33. The predicted molar refractivity (Wildman–Crippen MR) is 47.7 cm³/mol. The minimum atomic E-state index is -0.239. The van der Waals surface area contributed by atoms with E-state index in [0.717, 1.165) is 19.5 Å². The molecule has 0 aromatic rings. The molecule has 1 aliphatic heterocycles. The summed E-state index contributed by atoms with van der Waals surface area (Å²) in [6.07, 6.45) is 0.816. The van der Waals surface area contributed by atoms with Gasteiger partial charge in [0.2, 0.25) is 5.91 Å². The summed E-state index contributed by atoms with van der Waals surface area (Å²) >= 11 is 0. The van der Waals surface area contributed by atoms with E-state index in [1.165, 1.54) is 0 Å². The third-order valence-electron chi connectivity index (χ3n) is 2.21. The number of carbonyl (C=O) groups excluding carboxylic acids is 1. The van der Waals surface area contributed by atoms with Gasteiger partial charge in [0.25, 0.3) is 0 Å². The molecule has 1 aliphatic rings. The van der Waals surface area contributed by atoms with Crippen LogP contribution < -0.4 is 11.1 Å². The highest BCUT2D eigenvalue weighted by Gasteiger charge is 2.22. The molecule has 0 aromatic carbocycles. The molecule has 1 fully saturated rings. The first-order valence-electron chi connectivity index (χ1n) is 4.33. The summed E-state index contributed by atoms with van der Waals surface area (Å²) in [4.78, 5) is 13.1. The molecular formula is C8H17N3O. The molecule has 1 saturated heterocycles. The third-order valence-corrected chi connectivity index (χ3v) is 2.21. The van der Waals surface area contributed by atoms with E-state index in [9.17, 15) is 4.79 Å². The first kappa shape index (κ1) is 9.48. The lowest BCUT2D eigenvalue weighted by molar-refractivity contribution is -0.120. The first-order chi connectivity index (χ1) is 5.59. The van der Waals surface area contributed by atoms with Gasteiger partial charge in [-0.3, -0.25) is 4.79 Å². The zero-order valence-electron chi connectivity index (χ0n) is 7.71. The van der Waals surface area contributed by atoms with Gasteiger partial charge >= 0.3 is 0 Å². The minimum Gasteiger partial charge on any atom is -0.368 e. The van der Waals surface area contributed by atoms with Crippen LogP contribution in [0.5, 0.6) is 0 Å². The highest BCUT2D eigenvalue weighted by molar-refractivity contribution is 5.79. The van der Waals surface area contributed by atoms with E-state index < -0.39 is 0 Å². The molecule has 0 spiro atoms. The molecular weight excluding hydrogens is 154 g/mol. The second-order valence-corrected chi connectivity index (χ2v) is 3.57. The van der Waals surface area contributed by atoms with Crippen LogP contribution in [0.2, 0.25) is 0 Å².